The van der Waals surface area contributed by atoms with Crippen molar-refractivity contribution in [3.63, 3.8) is 0 Å². The predicted molar refractivity (Wildman–Crippen MR) is 99.5 cm³/mol. The van der Waals surface area contributed by atoms with Gasteiger partial charge in [-0.25, -0.2) is 4.98 Å². The topological polar surface area (TPSA) is 77.0 Å². The number of hydrogen-bond donors (Lipinski definition) is 1. The quantitative estimate of drug-likeness (QED) is 0.587. The van der Waals surface area contributed by atoms with Gasteiger partial charge in [-0.1, -0.05) is 12.1 Å². The second kappa shape index (κ2) is 6.58. The summed E-state index contributed by atoms with van der Waals surface area (Å²) in [5.41, 5.74) is 3.76. The van der Waals surface area contributed by atoms with Crippen molar-refractivity contribution in [2.24, 2.45) is 0 Å². The third-order valence-electron chi connectivity index (χ3n) is 3.61. The molecule has 0 aliphatic heterocycles. The van der Waals surface area contributed by atoms with Crippen LogP contribution in [0.3, 0.4) is 0 Å². The van der Waals surface area contributed by atoms with Crippen molar-refractivity contribution < 1.29 is 9.53 Å². The molecule has 0 aliphatic carbocycles. The smallest absolute Gasteiger partial charge is 0.257 e. The van der Waals surface area contributed by atoms with Crippen LogP contribution in [0.1, 0.15) is 10.4 Å². The van der Waals surface area contributed by atoms with Gasteiger partial charge in [0.05, 0.1) is 24.5 Å². The van der Waals surface area contributed by atoms with Gasteiger partial charge in [0.2, 0.25) is 0 Å². The molecule has 0 radical (unpaired) electrons. The van der Waals surface area contributed by atoms with Crippen molar-refractivity contribution in [2.75, 3.05) is 12.4 Å². The number of hydrogen-bond acceptors (Lipinski definition) is 7. The summed E-state index contributed by atoms with van der Waals surface area (Å²) in [4.78, 5) is 16.9. The minimum Gasteiger partial charge on any atom is -0.497 e. The van der Waals surface area contributed by atoms with Gasteiger partial charge in [0.1, 0.15) is 16.8 Å². The molecule has 0 spiro atoms. The van der Waals surface area contributed by atoms with Crippen molar-refractivity contribution in [1.82, 2.24) is 13.7 Å². The number of thiazole rings is 1. The third kappa shape index (κ3) is 3.21. The molecule has 8 heteroatoms. The molecule has 124 valence electrons. The highest BCUT2D eigenvalue weighted by molar-refractivity contribution is 7.14. The molecule has 1 amide bonds. The maximum atomic E-state index is 12.4. The summed E-state index contributed by atoms with van der Waals surface area (Å²) in [5.74, 6) is 0.544. The number of ether oxygens (including phenoxy) is 1. The number of fused-ring (bicyclic) bond motifs is 1. The summed E-state index contributed by atoms with van der Waals surface area (Å²) in [7, 11) is 1.63. The molecule has 0 saturated carbocycles. The Labute approximate surface area is 151 Å². The molecular weight excluding hydrogens is 356 g/mol. The SMILES string of the molecule is COc1cccc(-c2csc(NC(=O)c3ccc4nsnc4c3)n2)c1. The van der Waals surface area contributed by atoms with E-state index in [1.54, 1.807) is 25.3 Å². The molecule has 2 heterocycles. The van der Waals surface area contributed by atoms with Gasteiger partial charge in [-0.2, -0.15) is 8.75 Å². The molecule has 0 fully saturated rings. The van der Waals surface area contributed by atoms with Crippen LogP contribution in [0.4, 0.5) is 5.13 Å². The molecular formula is C17H12N4O2S2. The van der Waals surface area contributed by atoms with Crippen LogP contribution in [-0.2, 0) is 0 Å². The minimum absolute atomic E-state index is 0.221. The fourth-order valence-electron chi connectivity index (χ4n) is 2.34. The molecule has 25 heavy (non-hydrogen) atoms. The van der Waals surface area contributed by atoms with Crippen LogP contribution in [0, 0.1) is 0 Å². The Hall–Kier alpha value is -2.84. The first-order chi connectivity index (χ1) is 12.2. The van der Waals surface area contributed by atoms with E-state index in [2.05, 4.69) is 19.0 Å². The van der Waals surface area contributed by atoms with Crippen LogP contribution in [0.2, 0.25) is 0 Å². The van der Waals surface area contributed by atoms with E-state index < -0.39 is 0 Å². The van der Waals surface area contributed by atoms with Crippen LogP contribution in [0.25, 0.3) is 22.3 Å². The normalized spacial score (nSPS) is 10.8. The lowest BCUT2D eigenvalue weighted by atomic mass is 10.2. The zero-order valence-corrected chi connectivity index (χ0v) is 14.7. The van der Waals surface area contributed by atoms with E-state index in [-0.39, 0.29) is 5.91 Å². The predicted octanol–water partition coefficient (Wildman–Crippen LogP) is 4.08. The first kappa shape index (κ1) is 15.7. The first-order valence-electron chi connectivity index (χ1n) is 7.36. The summed E-state index contributed by atoms with van der Waals surface area (Å²) in [5, 5.41) is 5.27. The number of rotatable bonds is 4. The fourth-order valence-corrected chi connectivity index (χ4v) is 3.57. The van der Waals surface area contributed by atoms with Crippen LogP contribution in [-0.4, -0.2) is 26.7 Å². The number of carbonyl (C=O) groups excluding carboxylic acids is 1. The van der Waals surface area contributed by atoms with Gasteiger partial charge >= 0.3 is 0 Å². The first-order valence-corrected chi connectivity index (χ1v) is 8.97. The molecule has 0 bridgehead atoms. The Kier molecular flexibility index (Phi) is 4.12. The van der Waals surface area contributed by atoms with Crippen molar-refractivity contribution in [3.05, 3.63) is 53.4 Å². The van der Waals surface area contributed by atoms with E-state index in [9.17, 15) is 4.79 Å². The van der Waals surface area contributed by atoms with Crippen LogP contribution in [0.15, 0.2) is 47.8 Å². The molecule has 4 aromatic rings. The average molecular weight is 368 g/mol. The summed E-state index contributed by atoms with van der Waals surface area (Å²) in [6, 6.07) is 12.9. The van der Waals surface area contributed by atoms with Gasteiger partial charge in [0.15, 0.2) is 5.13 Å². The number of amides is 1. The van der Waals surface area contributed by atoms with Crippen LogP contribution in [0.5, 0.6) is 5.75 Å². The largest absolute Gasteiger partial charge is 0.497 e. The molecule has 2 aromatic heterocycles. The lowest BCUT2D eigenvalue weighted by molar-refractivity contribution is 0.102. The van der Waals surface area contributed by atoms with Gasteiger partial charge in [0, 0.05) is 16.5 Å². The molecule has 6 nitrogen and oxygen atoms in total. The highest BCUT2D eigenvalue weighted by Gasteiger charge is 2.12. The number of methoxy groups -OCH3 is 1. The maximum absolute atomic E-state index is 12.4. The zero-order chi connectivity index (χ0) is 17.2. The van der Waals surface area contributed by atoms with Crippen molar-refractivity contribution >= 4 is 45.1 Å². The second-order valence-corrected chi connectivity index (χ2v) is 6.58. The van der Waals surface area contributed by atoms with Crippen LogP contribution >= 0.6 is 23.1 Å². The minimum atomic E-state index is -0.221. The number of carbonyl (C=O) groups is 1. The summed E-state index contributed by atoms with van der Waals surface area (Å²) in [6.45, 7) is 0. The summed E-state index contributed by atoms with van der Waals surface area (Å²) < 4.78 is 13.5. The Morgan fingerprint density at radius 1 is 1.12 bits per heavy atom. The Balaban J connectivity index is 1.54. The van der Waals surface area contributed by atoms with Crippen LogP contribution < -0.4 is 10.1 Å². The Bertz CT molecular complexity index is 1060. The molecule has 0 atom stereocenters. The number of anilines is 1. The van der Waals surface area contributed by atoms with E-state index in [0.717, 1.165) is 34.3 Å². The summed E-state index contributed by atoms with van der Waals surface area (Å²) in [6.07, 6.45) is 0. The monoisotopic (exact) mass is 368 g/mol. The maximum Gasteiger partial charge on any atom is 0.257 e. The average Bonchev–Trinajstić information content (AvgIpc) is 3.30. The molecule has 0 saturated heterocycles. The third-order valence-corrected chi connectivity index (χ3v) is 4.92. The Morgan fingerprint density at radius 2 is 2.00 bits per heavy atom. The van der Waals surface area contributed by atoms with E-state index in [4.69, 9.17) is 4.74 Å². The zero-order valence-electron chi connectivity index (χ0n) is 13.1. The molecule has 0 aliphatic rings. The van der Waals surface area contributed by atoms with Crippen molar-refractivity contribution in [2.45, 2.75) is 0 Å². The van der Waals surface area contributed by atoms with Gasteiger partial charge in [-0.15, -0.1) is 11.3 Å². The van der Waals surface area contributed by atoms with Gasteiger partial charge in [-0.3, -0.25) is 10.1 Å². The molecule has 4 rings (SSSR count). The highest BCUT2D eigenvalue weighted by atomic mass is 32.1. The standard InChI is InChI=1S/C17H12N4O2S2/c1-23-12-4-2-3-10(7-12)15-9-24-17(18-15)19-16(22)11-5-6-13-14(8-11)21-25-20-13/h2-9H,1H3,(H,18,19,22). The number of nitrogens with zero attached hydrogens (tertiary/aromatic N) is 3. The second-order valence-electron chi connectivity index (χ2n) is 5.19. The number of nitrogens with one attached hydrogen (secondary N) is 1. The number of benzene rings is 2. The lowest BCUT2D eigenvalue weighted by Crippen LogP contribution is -2.11. The van der Waals surface area contributed by atoms with E-state index in [1.807, 2.05) is 29.6 Å². The number of aromatic nitrogens is 3. The van der Waals surface area contributed by atoms with Gasteiger partial charge in [0.25, 0.3) is 5.91 Å². The molecule has 1 N–H and O–H groups in total. The van der Waals surface area contributed by atoms with Crippen molar-refractivity contribution in [3.8, 4) is 17.0 Å². The van der Waals surface area contributed by atoms with E-state index in [0.29, 0.717) is 16.2 Å². The lowest BCUT2D eigenvalue weighted by Gasteiger charge is -2.02. The highest BCUT2D eigenvalue weighted by Crippen LogP contribution is 2.27. The molecule has 2 aromatic carbocycles. The Morgan fingerprint density at radius 3 is 2.88 bits per heavy atom. The van der Waals surface area contributed by atoms with Gasteiger partial charge in [-0.05, 0) is 30.3 Å². The van der Waals surface area contributed by atoms with Gasteiger partial charge < -0.3 is 4.74 Å². The molecule has 0 unspecified atom stereocenters. The van der Waals surface area contributed by atoms with E-state index >= 15 is 0 Å². The van der Waals surface area contributed by atoms with Crippen molar-refractivity contribution in [1.29, 1.82) is 0 Å². The fraction of sp³-hybridized carbons (Fsp3) is 0.0588. The summed E-state index contributed by atoms with van der Waals surface area (Å²) >= 11 is 2.51. The van der Waals surface area contributed by atoms with E-state index in [1.165, 1.54) is 11.3 Å².